The van der Waals surface area contributed by atoms with Gasteiger partial charge in [0.2, 0.25) is 5.91 Å². The summed E-state index contributed by atoms with van der Waals surface area (Å²) in [4.78, 5) is 13.8. The van der Waals surface area contributed by atoms with Crippen molar-refractivity contribution in [2.45, 2.75) is 19.4 Å². The van der Waals surface area contributed by atoms with Crippen molar-refractivity contribution in [3.05, 3.63) is 30.3 Å². The number of para-hydroxylation sites is 1. The van der Waals surface area contributed by atoms with Gasteiger partial charge in [-0.05, 0) is 19.1 Å². The molecule has 1 aromatic carbocycles. The molecule has 4 heteroatoms. The molecule has 0 saturated carbocycles. The van der Waals surface area contributed by atoms with Crippen LogP contribution < -0.4 is 4.74 Å². The summed E-state index contributed by atoms with van der Waals surface area (Å²) < 4.78 is 10.9. The number of amides is 1. The molecule has 98 valence electrons. The lowest BCUT2D eigenvalue weighted by atomic mass is 10.2. The van der Waals surface area contributed by atoms with Crippen LogP contribution in [0.1, 0.15) is 13.3 Å². The number of morpholine rings is 1. The number of ether oxygens (including phenoxy) is 2. The molecule has 1 aliphatic heterocycles. The van der Waals surface area contributed by atoms with E-state index in [9.17, 15) is 4.79 Å². The summed E-state index contributed by atoms with van der Waals surface area (Å²) in [6.07, 6.45) is 0.555. The molecule has 0 N–H and O–H groups in total. The van der Waals surface area contributed by atoms with Crippen molar-refractivity contribution in [2.24, 2.45) is 0 Å². The van der Waals surface area contributed by atoms with E-state index in [1.165, 1.54) is 0 Å². The lowest BCUT2D eigenvalue weighted by Gasteiger charge is -2.31. The zero-order valence-electron chi connectivity index (χ0n) is 10.7. The van der Waals surface area contributed by atoms with Crippen molar-refractivity contribution in [1.29, 1.82) is 0 Å². The van der Waals surface area contributed by atoms with E-state index in [2.05, 4.69) is 0 Å². The van der Waals surface area contributed by atoms with Gasteiger partial charge in [-0.15, -0.1) is 0 Å². The van der Waals surface area contributed by atoms with Crippen LogP contribution in [0.25, 0.3) is 0 Å². The second kappa shape index (κ2) is 6.40. The third-order valence-corrected chi connectivity index (χ3v) is 2.92. The van der Waals surface area contributed by atoms with Gasteiger partial charge in [0.1, 0.15) is 5.75 Å². The molecule has 0 aliphatic carbocycles. The highest BCUT2D eigenvalue weighted by Crippen LogP contribution is 2.10. The molecule has 0 bridgehead atoms. The van der Waals surface area contributed by atoms with E-state index in [1.54, 1.807) is 0 Å². The molecule has 0 unspecified atom stereocenters. The summed E-state index contributed by atoms with van der Waals surface area (Å²) >= 11 is 0. The van der Waals surface area contributed by atoms with Gasteiger partial charge >= 0.3 is 0 Å². The summed E-state index contributed by atoms with van der Waals surface area (Å²) in [7, 11) is 0. The minimum absolute atomic E-state index is 0.137. The monoisotopic (exact) mass is 249 g/mol. The highest BCUT2D eigenvalue weighted by Gasteiger charge is 2.20. The molecule has 2 rings (SSSR count). The average Bonchev–Trinajstić information content (AvgIpc) is 2.40. The molecule has 1 saturated heterocycles. The molecule has 18 heavy (non-hydrogen) atoms. The van der Waals surface area contributed by atoms with E-state index < -0.39 is 0 Å². The topological polar surface area (TPSA) is 38.8 Å². The number of benzene rings is 1. The Labute approximate surface area is 107 Å². The quantitative estimate of drug-likeness (QED) is 0.815. The van der Waals surface area contributed by atoms with Crippen molar-refractivity contribution in [3.63, 3.8) is 0 Å². The Balaban J connectivity index is 1.71. The van der Waals surface area contributed by atoms with Crippen LogP contribution >= 0.6 is 0 Å². The highest BCUT2D eigenvalue weighted by molar-refractivity contribution is 5.76. The molecule has 0 aromatic heterocycles. The molecule has 1 amide bonds. The van der Waals surface area contributed by atoms with Crippen LogP contribution in [0, 0.1) is 0 Å². The fourth-order valence-electron chi connectivity index (χ4n) is 1.98. The predicted molar refractivity (Wildman–Crippen MR) is 68.5 cm³/mol. The third kappa shape index (κ3) is 3.74. The summed E-state index contributed by atoms with van der Waals surface area (Å²) in [6.45, 7) is 4.42. The highest BCUT2D eigenvalue weighted by atomic mass is 16.5. The summed E-state index contributed by atoms with van der Waals surface area (Å²) in [5.74, 6) is 0.946. The van der Waals surface area contributed by atoms with Crippen LogP contribution in [0.5, 0.6) is 5.75 Å². The number of nitrogens with zero attached hydrogens (tertiary/aromatic N) is 1. The predicted octanol–water partition coefficient (Wildman–Crippen LogP) is 1.70. The minimum Gasteiger partial charge on any atom is -0.493 e. The number of hydrogen-bond acceptors (Lipinski definition) is 3. The molecule has 1 heterocycles. The number of hydrogen-bond donors (Lipinski definition) is 0. The van der Waals surface area contributed by atoms with Crippen molar-refractivity contribution < 1.29 is 14.3 Å². The van der Waals surface area contributed by atoms with Crippen LogP contribution in [0.4, 0.5) is 0 Å². The molecule has 1 atom stereocenters. The van der Waals surface area contributed by atoms with Crippen LogP contribution in [0.3, 0.4) is 0 Å². The molecule has 1 fully saturated rings. The lowest BCUT2D eigenvalue weighted by Crippen LogP contribution is -2.44. The van der Waals surface area contributed by atoms with E-state index in [1.807, 2.05) is 42.2 Å². The maximum Gasteiger partial charge on any atom is 0.226 e. The largest absolute Gasteiger partial charge is 0.493 e. The Bertz CT molecular complexity index is 380. The van der Waals surface area contributed by atoms with Gasteiger partial charge in [-0.25, -0.2) is 0 Å². The molecule has 1 aliphatic rings. The van der Waals surface area contributed by atoms with E-state index in [0.717, 1.165) is 5.75 Å². The first kappa shape index (κ1) is 12.9. The summed E-state index contributed by atoms with van der Waals surface area (Å²) in [5, 5.41) is 0. The standard InChI is InChI=1S/C14H19NO3/c1-12-11-15(8-10-17-12)14(16)7-9-18-13-5-3-2-4-6-13/h2-6,12H,7-11H2,1H3/t12-/m1/s1. The Morgan fingerprint density at radius 3 is 2.94 bits per heavy atom. The van der Waals surface area contributed by atoms with Gasteiger partial charge in [-0.2, -0.15) is 0 Å². The molecule has 1 aromatic rings. The minimum atomic E-state index is 0.137. The van der Waals surface area contributed by atoms with Crippen LogP contribution in [0.2, 0.25) is 0 Å². The first-order chi connectivity index (χ1) is 8.75. The van der Waals surface area contributed by atoms with Crippen molar-refractivity contribution in [1.82, 2.24) is 4.90 Å². The Morgan fingerprint density at radius 1 is 1.44 bits per heavy atom. The number of rotatable bonds is 4. The van der Waals surface area contributed by atoms with Gasteiger partial charge in [0.15, 0.2) is 0 Å². The van der Waals surface area contributed by atoms with E-state index in [-0.39, 0.29) is 12.0 Å². The fraction of sp³-hybridized carbons (Fsp3) is 0.500. The molecule has 0 spiro atoms. The first-order valence-corrected chi connectivity index (χ1v) is 6.33. The Hall–Kier alpha value is -1.55. The summed E-state index contributed by atoms with van der Waals surface area (Å²) in [6, 6.07) is 9.55. The van der Waals surface area contributed by atoms with Gasteiger partial charge in [-0.3, -0.25) is 4.79 Å². The van der Waals surface area contributed by atoms with Gasteiger partial charge in [0.05, 0.1) is 25.7 Å². The molecular weight excluding hydrogens is 230 g/mol. The normalized spacial score (nSPS) is 19.6. The van der Waals surface area contributed by atoms with Gasteiger partial charge in [0.25, 0.3) is 0 Å². The van der Waals surface area contributed by atoms with Gasteiger partial charge in [-0.1, -0.05) is 18.2 Å². The Kier molecular flexibility index (Phi) is 4.59. The SMILES string of the molecule is C[C@@H]1CN(C(=O)CCOc2ccccc2)CCO1. The van der Waals surface area contributed by atoms with Crippen LogP contribution in [0.15, 0.2) is 30.3 Å². The van der Waals surface area contributed by atoms with Gasteiger partial charge in [0, 0.05) is 13.1 Å². The molecular formula is C14H19NO3. The van der Waals surface area contributed by atoms with Crippen molar-refractivity contribution in [2.75, 3.05) is 26.3 Å². The summed E-state index contributed by atoms with van der Waals surface area (Å²) in [5.41, 5.74) is 0. The molecule has 4 nitrogen and oxygen atoms in total. The average molecular weight is 249 g/mol. The van der Waals surface area contributed by atoms with Crippen LogP contribution in [-0.4, -0.2) is 43.2 Å². The maximum atomic E-state index is 11.9. The number of carbonyl (C=O) groups is 1. The second-order valence-electron chi connectivity index (χ2n) is 4.43. The third-order valence-electron chi connectivity index (χ3n) is 2.92. The molecule has 0 radical (unpaired) electrons. The van der Waals surface area contributed by atoms with Crippen molar-refractivity contribution >= 4 is 5.91 Å². The van der Waals surface area contributed by atoms with Gasteiger partial charge < -0.3 is 14.4 Å². The Morgan fingerprint density at radius 2 is 2.22 bits per heavy atom. The lowest BCUT2D eigenvalue weighted by molar-refractivity contribution is -0.138. The fourth-order valence-corrected chi connectivity index (χ4v) is 1.98. The van der Waals surface area contributed by atoms with E-state index in [4.69, 9.17) is 9.47 Å². The van der Waals surface area contributed by atoms with Crippen LogP contribution in [-0.2, 0) is 9.53 Å². The second-order valence-corrected chi connectivity index (χ2v) is 4.43. The maximum absolute atomic E-state index is 11.9. The smallest absolute Gasteiger partial charge is 0.226 e. The van der Waals surface area contributed by atoms with Crippen molar-refractivity contribution in [3.8, 4) is 5.75 Å². The zero-order chi connectivity index (χ0) is 12.8. The zero-order valence-corrected chi connectivity index (χ0v) is 10.7. The number of carbonyl (C=O) groups excluding carboxylic acids is 1. The van der Waals surface area contributed by atoms with E-state index >= 15 is 0 Å². The van der Waals surface area contributed by atoms with E-state index in [0.29, 0.717) is 32.7 Å². The first-order valence-electron chi connectivity index (χ1n) is 6.33.